The summed E-state index contributed by atoms with van der Waals surface area (Å²) in [7, 11) is 0. The maximum atomic E-state index is 11.9. The zero-order chi connectivity index (χ0) is 13.2. The molecule has 1 aliphatic carbocycles. The van der Waals surface area contributed by atoms with Crippen LogP contribution in [0.25, 0.3) is 0 Å². The van der Waals surface area contributed by atoms with E-state index in [0.717, 1.165) is 0 Å². The van der Waals surface area contributed by atoms with Gasteiger partial charge < -0.3 is 10.1 Å². The number of hydrogen-bond acceptors (Lipinski definition) is 4. The molecule has 6 heteroatoms. The SMILES string of the molecule is C=C[C@@H]1C[C@]1(NC(=O)n1ccnc1)C(=O)OCC. The van der Waals surface area contributed by atoms with Gasteiger partial charge in [0.2, 0.25) is 0 Å². The van der Waals surface area contributed by atoms with Crippen molar-refractivity contribution < 1.29 is 14.3 Å². The summed E-state index contributed by atoms with van der Waals surface area (Å²) in [5.74, 6) is -0.493. The standard InChI is InChI=1S/C12H15N3O3/c1-3-9-7-12(9,10(16)18-4-2)14-11(17)15-6-5-13-8-15/h3,5-6,8-9H,1,4,7H2,2H3,(H,14,17)/t9-,12-/m1/s1. The van der Waals surface area contributed by atoms with Gasteiger partial charge in [0, 0.05) is 18.3 Å². The van der Waals surface area contributed by atoms with Gasteiger partial charge >= 0.3 is 12.0 Å². The number of carbonyl (C=O) groups excluding carboxylic acids is 2. The lowest BCUT2D eigenvalue weighted by molar-refractivity contribution is -0.146. The Kier molecular flexibility index (Phi) is 3.18. The van der Waals surface area contributed by atoms with Crippen LogP contribution in [0, 0.1) is 5.92 Å². The molecule has 0 radical (unpaired) electrons. The average molecular weight is 249 g/mol. The highest BCUT2D eigenvalue weighted by molar-refractivity contribution is 5.91. The highest BCUT2D eigenvalue weighted by atomic mass is 16.5. The number of carbonyl (C=O) groups is 2. The van der Waals surface area contributed by atoms with Gasteiger partial charge in [0.25, 0.3) is 0 Å². The molecule has 96 valence electrons. The van der Waals surface area contributed by atoms with Crippen LogP contribution in [0.5, 0.6) is 0 Å². The van der Waals surface area contributed by atoms with Gasteiger partial charge in [0.05, 0.1) is 6.61 Å². The van der Waals surface area contributed by atoms with Crippen molar-refractivity contribution in [2.24, 2.45) is 5.92 Å². The average Bonchev–Trinajstić information content (AvgIpc) is 2.82. The summed E-state index contributed by atoms with van der Waals surface area (Å²) in [6, 6.07) is -0.398. The van der Waals surface area contributed by atoms with Crippen LogP contribution in [0.1, 0.15) is 13.3 Å². The first kappa shape index (κ1) is 12.3. The van der Waals surface area contributed by atoms with Crippen LogP contribution >= 0.6 is 0 Å². The lowest BCUT2D eigenvalue weighted by Crippen LogP contribution is -2.47. The van der Waals surface area contributed by atoms with Gasteiger partial charge in [0.15, 0.2) is 0 Å². The number of aromatic nitrogens is 2. The van der Waals surface area contributed by atoms with Gasteiger partial charge in [-0.05, 0) is 13.3 Å². The Morgan fingerprint density at radius 3 is 3.00 bits per heavy atom. The molecule has 0 unspecified atom stereocenters. The molecule has 2 atom stereocenters. The number of esters is 1. The van der Waals surface area contributed by atoms with Crippen LogP contribution in [0.15, 0.2) is 31.4 Å². The molecule has 1 fully saturated rings. The van der Waals surface area contributed by atoms with Crippen LogP contribution in [-0.2, 0) is 9.53 Å². The quantitative estimate of drug-likeness (QED) is 0.637. The maximum absolute atomic E-state index is 11.9. The Bertz CT molecular complexity index is 469. The van der Waals surface area contributed by atoms with Crippen molar-refractivity contribution in [2.75, 3.05) is 6.61 Å². The van der Waals surface area contributed by atoms with E-state index in [2.05, 4.69) is 16.9 Å². The molecule has 1 heterocycles. The Labute approximate surface area is 105 Å². The van der Waals surface area contributed by atoms with Crippen molar-refractivity contribution in [1.82, 2.24) is 14.9 Å². The van der Waals surface area contributed by atoms with Crippen molar-refractivity contribution in [2.45, 2.75) is 18.9 Å². The molecule has 1 saturated carbocycles. The van der Waals surface area contributed by atoms with Crippen molar-refractivity contribution >= 4 is 12.0 Å². The summed E-state index contributed by atoms with van der Waals surface area (Å²) in [5, 5.41) is 2.69. The first-order chi connectivity index (χ1) is 8.64. The number of ether oxygens (including phenoxy) is 1. The van der Waals surface area contributed by atoms with E-state index in [9.17, 15) is 9.59 Å². The third-order valence-corrected chi connectivity index (χ3v) is 3.01. The first-order valence-electron chi connectivity index (χ1n) is 5.74. The summed E-state index contributed by atoms with van der Waals surface area (Å²) in [5.41, 5.74) is -0.959. The molecule has 1 N–H and O–H groups in total. The number of amides is 1. The molecule has 0 saturated heterocycles. The van der Waals surface area contributed by atoms with Crippen LogP contribution in [0.3, 0.4) is 0 Å². The number of nitrogens with zero attached hydrogens (tertiary/aromatic N) is 2. The summed E-state index contributed by atoms with van der Waals surface area (Å²) in [6.07, 6.45) is 6.56. The maximum Gasteiger partial charge on any atom is 0.332 e. The van der Waals surface area contributed by atoms with Crippen molar-refractivity contribution in [3.05, 3.63) is 31.4 Å². The second-order valence-electron chi connectivity index (χ2n) is 4.14. The summed E-state index contributed by atoms with van der Waals surface area (Å²) >= 11 is 0. The number of rotatable bonds is 4. The molecule has 18 heavy (non-hydrogen) atoms. The van der Waals surface area contributed by atoms with E-state index >= 15 is 0 Å². The van der Waals surface area contributed by atoms with Crippen LogP contribution in [-0.4, -0.2) is 33.7 Å². The summed E-state index contributed by atoms with van der Waals surface area (Å²) in [4.78, 5) is 27.6. The normalized spacial score (nSPS) is 25.3. The zero-order valence-corrected chi connectivity index (χ0v) is 10.1. The minimum Gasteiger partial charge on any atom is -0.464 e. The smallest absolute Gasteiger partial charge is 0.332 e. The molecule has 1 aromatic rings. The minimum absolute atomic E-state index is 0.0796. The largest absolute Gasteiger partial charge is 0.464 e. The second kappa shape index (κ2) is 4.64. The van der Waals surface area contributed by atoms with E-state index < -0.39 is 17.5 Å². The van der Waals surface area contributed by atoms with Crippen molar-refractivity contribution in [3.8, 4) is 0 Å². The van der Waals surface area contributed by atoms with Gasteiger partial charge in [-0.15, -0.1) is 6.58 Å². The molecule has 6 nitrogen and oxygen atoms in total. The molecule has 2 rings (SSSR count). The molecule has 0 aliphatic heterocycles. The molecule has 1 aliphatic rings. The fraction of sp³-hybridized carbons (Fsp3) is 0.417. The monoisotopic (exact) mass is 249 g/mol. The predicted octanol–water partition coefficient (Wildman–Crippen LogP) is 0.949. The fourth-order valence-electron chi connectivity index (χ4n) is 1.90. The van der Waals surface area contributed by atoms with Crippen molar-refractivity contribution in [1.29, 1.82) is 0 Å². The Morgan fingerprint density at radius 2 is 2.50 bits per heavy atom. The first-order valence-corrected chi connectivity index (χ1v) is 5.74. The van der Waals surface area contributed by atoms with Crippen LogP contribution in [0.2, 0.25) is 0 Å². The highest BCUT2D eigenvalue weighted by Crippen LogP contribution is 2.45. The van der Waals surface area contributed by atoms with E-state index in [1.165, 1.54) is 23.3 Å². The number of imidazole rings is 1. The highest BCUT2D eigenvalue weighted by Gasteiger charge is 2.61. The third-order valence-electron chi connectivity index (χ3n) is 3.01. The Balaban J connectivity index is 2.11. The minimum atomic E-state index is -0.959. The van der Waals surface area contributed by atoms with Gasteiger partial charge in [-0.2, -0.15) is 0 Å². The van der Waals surface area contributed by atoms with Gasteiger partial charge in [-0.1, -0.05) is 6.08 Å². The fourth-order valence-corrected chi connectivity index (χ4v) is 1.90. The van der Waals surface area contributed by atoms with E-state index in [-0.39, 0.29) is 12.5 Å². The van der Waals surface area contributed by atoms with Gasteiger partial charge in [-0.3, -0.25) is 4.57 Å². The predicted molar refractivity (Wildman–Crippen MR) is 63.8 cm³/mol. The van der Waals surface area contributed by atoms with E-state index in [1.807, 2.05) is 0 Å². The van der Waals surface area contributed by atoms with E-state index in [4.69, 9.17) is 4.74 Å². The zero-order valence-electron chi connectivity index (χ0n) is 10.1. The van der Waals surface area contributed by atoms with Crippen molar-refractivity contribution in [3.63, 3.8) is 0 Å². The topological polar surface area (TPSA) is 73.2 Å². The molecule has 0 spiro atoms. The number of hydrogen-bond donors (Lipinski definition) is 1. The lowest BCUT2D eigenvalue weighted by atomic mass is 10.2. The van der Waals surface area contributed by atoms with Crippen LogP contribution in [0.4, 0.5) is 4.79 Å². The van der Waals surface area contributed by atoms with Gasteiger partial charge in [0.1, 0.15) is 11.9 Å². The summed E-state index contributed by atoms with van der Waals surface area (Å²) < 4.78 is 6.27. The third kappa shape index (κ3) is 2.01. The molecule has 1 amide bonds. The second-order valence-corrected chi connectivity index (χ2v) is 4.14. The Hall–Kier alpha value is -2.11. The van der Waals surface area contributed by atoms with E-state index in [1.54, 1.807) is 13.0 Å². The molecular weight excluding hydrogens is 234 g/mol. The summed E-state index contributed by atoms with van der Waals surface area (Å²) in [6.45, 7) is 5.67. The molecule has 0 aromatic carbocycles. The molecular formula is C12H15N3O3. The lowest BCUT2D eigenvalue weighted by Gasteiger charge is -2.17. The van der Waals surface area contributed by atoms with E-state index in [0.29, 0.717) is 6.42 Å². The Morgan fingerprint density at radius 1 is 1.72 bits per heavy atom. The number of nitrogens with one attached hydrogen (secondary N) is 1. The molecule has 0 bridgehead atoms. The van der Waals surface area contributed by atoms with Gasteiger partial charge in [-0.25, -0.2) is 14.6 Å². The van der Waals surface area contributed by atoms with Crippen LogP contribution < -0.4 is 5.32 Å². The molecule has 1 aromatic heterocycles.